The fourth-order valence-electron chi connectivity index (χ4n) is 2.91. The van der Waals surface area contributed by atoms with Crippen molar-refractivity contribution >= 4 is 11.7 Å². The van der Waals surface area contributed by atoms with Gasteiger partial charge in [0.2, 0.25) is 5.91 Å². The number of hydrogen-bond acceptors (Lipinski definition) is 4. The summed E-state index contributed by atoms with van der Waals surface area (Å²) < 4.78 is 11.0. The van der Waals surface area contributed by atoms with E-state index in [0.29, 0.717) is 26.0 Å². The molecule has 0 saturated heterocycles. The average molecular weight is 398 g/mol. The number of unbranched alkanes of at least 4 members (excludes halogenated alkanes) is 1. The predicted octanol–water partition coefficient (Wildman–Crippen LogP) is 4.44. The maximum Gasteiger partial charge on any atom is 0.220 e. The van der Waals surface area contributed by atoms with Gasteiger partial charge in [-0.25, -0.2) is 0 Å². The minimum Gasteiger partial charge on any atom is -0.497 e. The highest BCUT2D eigenvalue weighted by Crippen LogP contribution is 2.13. The van der Waals surface area contributed by atoms with Crippen LogP contribution in [-0.2, 0) is 27.5 Å². The molecular formula is C24H31NO4. The smallest absolute Gasteiger partial charge is 0.220 e. The molecule has 1 amide bonds. The third-order valence-corrected chi connectivity index (χ3v) is 4.71. The molecule has 0 saturated carbocycles. The van der Waals surface area contributed by atoms with Gasteiger partial charge in [0.05, 0.1) is 13.7 Å². The van der Waals surface area contributed by atoms with Crippen LogP contribution < -0.4 is 10.1 Å². The van der Waals surface area contributed by atoms with Crippen molar-refractivity contribution in [1.82, 2.24) is 5.32 Å². The molecular weight excluding hydrogens is 366 g/mol. The highest BCUT2D eigenvalue weighted by Gasteiger charge is 2.20. The summed E-state index contributed by atoms with van der Waals surface area (Å²) in [6.07, 6.45) is 2.39. The Morgan fingerprint density at radius 3 is 2.34 bits per heavy atom. The first kappa shape index (κ1) is 22.6. The molecule has 0 aliphatic carbocycles. The third kappa shape index (κ3) is 8.48. The first-order valence-corrected chi connectivity index (χ1v) is 10.2. The van der Waals surface area contributed by atoms with Crippen molar-refractivity contribution in [2.24, 2.45) is 0 Å². The summed E-state index contributed by atoms with van der Waals surface area (Å²) in [6.45, 7) is 2.87. The molecule has 2 aromatic carbocycles. The second-order valence-corrected chi connectivity index (χ2v) is 7.02. The van der Waals surface area contributed by atoms with Gasteiger partial charge in [-0.15, -0.1) is 0 Å². The van der Waals surface area contributed by atoms with E-state index in [9.17, 15) is 9.59 Å². The van der Waals surface area contributed by atoms with Gasteiger partial charge >= 0.3 is 0 Å². The van der Waals surface area contributed by atoms with Crippen LogP contribution in [0.15, 0.2) is 54.6 Å². The van der Waals surface area contributed by atoms with Crippen molar-refractivity contribution in [1.29, 1.82) is 0 Å². The van der Waals surface area contributed by atoms with Crippen molar-refractivity contribution in [2.75, 3.05) is 7.11 Å². The lowest BCUT2D eigenvalue weighted by Gasteiger charge is -2.17. The molecule has 0 heterocycles. The summed E-state index contributed by atoms with van der Waals surface area (Å²) in [6, 6.07) is 17.3. The molecule has 2 rings (SSSR count). The second kappa shape index (κ2) is 12.7. The van der Waals surface area contributed by atoms with Gasteiger partial charge in [-0.1, -0.05) is 55.8 Å². The lowest BCUT2D eigenvalue weighted by molar-refractivity contribution is -0.133. The minimum absolute atomic E-state index is 0.0748. The van der Waals surface area contributed by atoms with Crippen LogP contribution in [0, 0.1) is 0 Å². The van der Waals surface area contributed by atoms with Gasteiger partial charge in [-0.2, -0.15) is 0 Å². The van der Waals surface area contributed by atoms with E-state index in [2.05, 4.69) is 12.2 Å². The molecule has 0 radical (unpaired) electrons. The van der Waals surface area contributed by atoms with Gasteiger partial charge in [-0.05, 0) is 36.1 Å². The fraction of sp³-hybridized carbons (Fsp3) is 0.417. The van der Waals surface area contributed by atoms with Crippen LogP contribution in [0.2, 0.25) is 0 Å². The SMILES string of the molecule is CCCCC(=O)[C@H](CCC(=O)NCc1ccc(OC)cc1)OCc1ccccc1. The van der Waals surface area contributed by atoms with Crippen molar-refractivity contribution < 1.29 is 19.1 Å². The zero-order valence-electron chi connectivity index (χ0n) is 17.4. The molecule has 1 atom stereocenters. The largest absolute Gasteiger partial charge is 0.497 e. The maximum atomic E-state index is 12.5. The highest BCUT2D eigenvalue weighted by atomic mass is 16.5. The molecule has 0 aliphatic rings. The number of methoxy groups -OCH3 is 1. The number of nitrogens with one attached hydrogen (secondary N) is 1. The Hall–Kier alpha value is -2.66. The average Bonchev–Trinajstić information content (AvgIpc) is 2.77. The summed E-state index contributed by atoms with van der Waals surface area (Å²) >= 11 is 0. The first-order valence-electron chi connectivity index (χ1n) is 10.2. The molecule has 0 aromatic heterocycles. The second-order valence-electron chi connectivity index (χ2n) is 7.02. The van der Waals surface area contributed by atoms with Gasteiger partial charge in [0.25, 0.3) is 0 Å². The van der Waals surface area contributed by atoms with Crippen LogP contribution in [0.25, 0.3) is 0 Å². The summed E-state index contributed by atoms with van der Waals surface area (Å²) in [5.41, 5.74) is 2.01. The Morgan fingerprint density at radius 1 is 0.966 bits per heavy atom. The van der Waals surface area contributed by atoms with E-state index in [1.165, 1.54) is 0 Å². The number of carbonyl (C=O) groups excluding carboxylic acids is 2. The van der Waals surface area contributed by atoms with Crippen LogP contribution in [0.4, 0.5) is 0 Å². The molecule has 2 aromatic rings. The molecule has 5 nitrogen and oxygen atoms in total. The van der Waals surface area contributed by atoms with Gasteiger partial charge in [0, 0.05) is 19.4 Å². The zero-order valence-corrected chi connectivity index (χ0v) is 17.4. The quantitative estimate of drug-likeness (QED) is 0.543. The molecule has 0 fully saturated rings. The number of ketones is 1. The van der Waals surface area contributed by atoms with E-state index < -0.39 is 6.10 Å². The zero-order chi connectivity index (χ0) is 20.9. The monoisotopic (exact) mass is 397 g/mol. The summed E-state index contributed by atoms with van der Waals surface area (Å²) in [7, 11) is 1.62. The van der Waals surface area contributed by atoms with E-state index >= 15 is 0 Å². The van der Waals surface area contributed by atoms with Gasteiger partial charge in [0.1, 0.15) is 11.9 Å². The molecule has 0 bridgehead atoms. The lowest BCUT2D eigenvalue weighted by atomic mass is 10.0. The number of carbonyl (C=O) groups is 2. The lowest BCUT2D eigenvalue weighted by Crippen LogP contribution is -2.28. The van der Waals surface area contributed by atoms with E-state index in [-0.39, 0.29) is 18.1 Å². The molecule has 1 N–H and O–H groups in total. The molecule has 0 unspecified atom stereocenters. The molecule has 29 heavy (non-hydrogen) atoms. The number of benzene rings is 2. The van der Waals surface area contributed by atoms with Crippen molar-refractivity contribution in [3.63, 3.8) is 0 Å². The normalized spacial score (nSPS) is 11.7. The molecule has 5 heteroatoms. The van der Waals surface area contributed by atoms with Gasteiger partial charge < -0.3 is 14.8 Å². The van der Waals surface area contributed by atoms with Crippen LogP contribution >= 0.6 is 0 Å². The van der Waals surface area contributed by atoms with Crippen molar-refractivity contribution in [3.05, 3.63) is 65.7 Å². The van der Waals surface area contributed by atoms with Crippen molar-refractivity contribution in [2.45, 2.75) is 58.3 Å². The number of Topliss-reactive ketones (excluding diaryl/α,β-unsaturated/α-hetero) is 1. The number of ether oxygens (including phenoxy) is 2. The standard InChI is InChI=1S/C24H31NO4/c1-3-4-10-22(26)23(29-18-20-8-6-5-7-9-20)15-16-24(27)25-17-19-11-13-21(28-2)14-12-19/h5-9,11-14,23H,3-4,10,15-18H2,1-2H3,(H,25,27)/t23-/m0/s1. The molecule has 156 valence electrons. The Morgan fingerprint density at radius 2 is 1.69 bits per heavy atom. The number of amides is 1. The fourth-order valence-corrected chi connectivity index (χ4v) is 2.91. The van der Waals surface area contributed by atoms with Crippen LogP contribution in [0.1, 0.15) is 50.2 Å². The summed E-state index contributed by atoms with van der Waals surface area (Å²) in [5.74, 6) is 0.771. The summed E-state index contributed by atoms with van der Waals surface area (Å²) in [4.78, 5) is 24.8. The summed E-state index contributed by atoms with van der Waals surface area (Å²) in [5, 5.41) is 2.90. The van der Waals surface area contributed by atoms with Gasteiger partial charge in [0.15, 0.2) is 5.78 Å². The highest BCUT2D eigenvalue weighted by molar-refractivity contribution is 5.84. The number of hydrogen-bond donors (Lipinski definition) is 1. The van der Waals surface area contributed by atoms with E-state index in [0.717, 1.165) is 29.7 Å². The Balaban J connectivity index is 1.82. The first-order chi connectivity index (χ1) is 14.1. The molecule has 0 spiro atoms. The Kier molecular flexibility index (Phi) is 9.93. The Labute approximate surface area is 173 Å². The van der Waals surface area contributed by atoms with E-state index in [4.69, 9.17) is 9.47 Å². The van der Waals surface area contributed by atoms with Crippen LogP contribution in [0.5, 0.6) is 5.75 Å². The van der Waals surface area contributed by atoms with Crippen LogP contribution in [-0.4, -0.2) is 24.9 Å². The minimum atomic E-state index is -0.548. The predicted molar refractivity (Wildman–Crippen MR) is 114 cm³/mol. The van der Waals surface area contributed by atoms with Gasteiger partial charge in [-0.3, -0.25) is 9.59 Å². The number of rotatable bonds is 13. The maximum absolute atomic E-state index is 12.5. The third-order valence-electron chi connectivity index (χ3n) is 4.71. The molecule has 0 aliphatic heterocycles. The van der Waals surface area contributed by atoms with Crippen molar-refractivity contribution in [3.8, 4) is 5.75 Å². The Bertz CT molecular complexity index is 743. The topological polar surface area (TPSA) is 64.6 Å². The van der Waals surface area contributed by atoms with Crippen LogP contribution in [0.3, 0.4) is 0 Å². The van der Waals surface area contributed by atoms with E-state index in [1.54, 1.807) is 7.11 Å². The van der Waals surface area contributed by atoms with E-state index in [1.807, 2.05) is 54.6 Å².